The number of nitrogens with one attached hydrogen (secondary N) is 1. The third kappa shape index (κ3) is 2.72. The van der Waals surface area contributed by atoms with Gasteiger partial charge in [-0.1, -0.05) is 12.1 Å². The third-order valence-electron chi connectivity index (χ3n) is 2.67. The summed E-state index contributed by atoms with van der Waals surface area (Å²) in [6.07, 6.45) is 3.37. The lowest BCUT2D eigenvalue weighted by Crippen LogP contribution is -2.09. The molecule has 1 aromatic heterocycles. The highest BCUT2D eigenvalue weighted by atomic mass is 15.0. The van der Waals surface area contributed by atoms with Crippen LogP contribution in [0.3, 0.4) is 0 Å². The fraction of sp³-hybridized carbons (Fsp3) is 0.231. The molecule has 0 saturated heterocycles. The SMILES string of the molecule is Cc1nccnc1NC(C)c1ccc(N)cc1. The smallest absolute Gasteiger partial charge is 0.147 e. The largest absolute Gasteiger partial charge is 0.399 e. The van der Waals surface area contributed by atoms with Crippen LogP contribution in [0.15, 0.2) is 36.7 Å². The second-order valence-electron chi connectivity index (χ2n) is 4.02. The summed E-state index contributed by atoms with van der Waals surface area (Å²) in [6.45, 7) is 4.02. The van der Waals surface area contributed by atoms with E-state index in [-0.39, 0.29) is 6.04 Å². The van der Waals surface area contributed by atoms with Gasteiger partial charge in [0.05, 0.1) is 11.7 Å². The first-order valence-electron chi connectivity index (χ1n) is 5.56. The van der Waals surface area contributed by atoms with Crippen LogP contribution in [0.1, 0.15) is 24.2 Å². The molecule has 0 aliphatic heterocycles. The minimum atomic E-state index is 0.172. The quantitative estimate of drug-likeness (QED) is 0.792. The molecule has 0 spiro atoms. The van der Waals surface area contributed by atoms with Crippen molar-refractivity contribution in [2.24, 2.45) is 0 Å². The molecule has 17 heavy (non-hydrogen) atoms. The van der Waals surface area contributed by atoms with Crippen molar-refractivity contribution in [1.29, 1.82) is 0 Å². The summed E-state index contributed by atoms with van der Waals surface area (Å²) in [4.78, 5) is 8.46. The van der Waals surface area contributed by atoms with E-state index >= 15 is 0 Å². The lowest BCUT2D eigenvalue weighted by atomic mass is 10.1. The Balaban J connectivity index is 2.14. The van der Waals surface area contributed by atoms with Gasteiger partial charge in [-0.05, 0) is 31.5 Å². The maximum absolute atomic E-state index is 5.66. The van der Waals surface area contributed by atoms with Gasteiger partial charge in [-0.3, -0.25) is 4.98 Å². The standard InChI is InChI=1S/C13H16N4/c1-9(11-3-5-12(14)6-4-11)17-13-10(2)15-7-8-16-13/h3-9H,14H2,1-2H3,(H,16,17). The Morgan fingerprint density at radius 1 is 1.12 bits per heavy atom. The Labute approximate surface area is 101 Å². The first kappa shape index (κ1) is 11.4. The van der Waals surface area contributed by atoms with E-state index in [1.807, 2.05) is 31.2 Å². The number of aromatic nitrogens is 2. The molecule has 3 N–H and O–H groups in total. The van der Waals surface area contributed by atoms with Crippen LogP contribution in [0.25, 0.3) is 0 Å². The van der Waals surface area contributed by atoms with Crippen molar-refractivity contribution in [3.05, 3.63) is 47.9 Å². The van der Waals surface area contributed by atoms with Crippen molar-refractivity contribution in [2.75, 3.05) is 11.1 Å². The van der Waals surface area contributed by atoms with Crippen molar-refractivity contribution < 1.29 is 0 Å². The molecule has 2 rings (SSSR count). The molecule has 1 heterocycles. The van der Waals surface area contributed by atoms with Crippen molar-refractivity contribution in [1.82, 2.24) is 9.97 Å². The summed E-state index contributed by atoms with van der Waals surface area (Å²) < 4.78 is 0. The maximum Gasteiger partial charge on any atom is 0.147 e. The number of hydrogen-bond acceptors (Lipinski definition) is 4. The Hall–Kier alpha value is -2.10. The van der Waals surface area contributed by atoms with Gasteiger partial charge in [0.1, 0.15) is 5.82 Å². The van der Waals surface area contributed by atoms with Crippen molar-refractivity contribution in [3.63, 3.8) is 0 Å². The topological polar surface area (TPSA) is 63.8 Å². The highest BCUT2D eigenvalue weighted by Crippen LogP contribution is 2.19. The van der Waals surface area contributed by atoms with E-state index in [1.165, 1.54) is 5.56 Å². The molecule has 0 fully saturated rings. The van der Waals surface area contributed by atoms with Gasteiger partial charge in [0.25, 0.3) is 0 Å². The molecule has 2 aromatic rings. The van der Waals surface area contributed by atoms with E-state index in [1.54, 1.807) is 12.4 Å². The summed E-state index contributed by atoms with van der Waals surface area (Å²) in [6, 6.07) is 8.00. The van der Waals surface area contributed by atoms with Crippen LogP contribution in [0.4, 0.5) is 11.5 Å². The normalized spacial score (nSPS) is 12.1. The third-order valence-corrected chi connectivity index (χ3v) is 2.67. The second kappa shape index (κ2) is 4.82. The summed E-state index contributed by atoms with van der Waals surface area (Å²) in [7, 11) is 0. The molecule has 0 aliphatic carbocycles. The first-order chi connectivity index (χ1) is 8.16. The summed E-state index contributed by atoms with van der Waals surface area (Å²) in [5, 5.41) is 3.33. The van der Waals surface area contributed by atoms with Gasteiger partial charge < -0.3 is 11.1 Å². The second-order valence-corrected chi connectivity index (χ2v) is 4.02. The van der Waals surface area contributed by atoms with E-state index in [4.69, 9.17) is 5.73 Å². The van der Waals surface area contributed by atoms with Crippen LogP contribution in [-0.4, -0.2) is 9.97 Å². The average Bonchev–Trinajstić information content (AvgIpc) is 2.33. The zero-order valence-electron chi connectivity index (χ0n) is 10.0. The van der Waals surface area contributed by atoms with Gasteiger partial charge in [0.15, 0.2) is 0 Å². The fourth-order valence-electron chi connectivity index (χ4n) is 1.62. The predicted octanol–water partition coefficient (Wildman–Crippen LogP) is 2.54. The van der Waals surface area contributed by atoms with Crippen molar-refractivity contribution >= 4 is 11.5 Å². The molecule has 1 unspecified atom stereocenters. The maximum atomic E-state index is 5.66. The number of nitrogens with two attached hydrogens (primary N) is 1. The Kier molecular flexibility index (Phi) is 3.23. The zero-order valence-corrected chi connectivity index (χ0v) is 10.0. The first-order valence-corrected chi connectivity index (χ1v) is 5.56. The van der Waals surface area contributed by atoms with E-state index in [2.05, 4.69) is 22.2 Å². The van der Waals surface area contributed by atoms with Gasteiger partial charge in [-0.15, -0.1) is 0 Å². The molecule has 4 nitrogen and oxygen atoms in total. The van der Waals surface area contributed by atoms with Gasteiger partial charge in [0, 0.05) is 18.1 Å². The van der Waals surface area contributed by atoms with Crippen LogP contribution in [0, 0.1) is 6.92 Å². The molecule has 1 aromatic carbocycles. The zero-order chi connectivity index (χ0) is 12.3. The average molecular weight is 228 g/mol. The number of rotatable bonds is 3. The molecule has 0 amide bonds. The van der Waals surface area contributed by atoms with E-state index in [0.717, 1.165) is 17.2 Å². The van der Waals surface area contributed by atoms with E-state index in [0.29, 0.717) is 0 Å². The van der Waals surface area contributed by atoms with E-state index in [9.17, 15) is 0 Å². The number of nitrogens with zero attached hydrogens (tertiary/aromatic N) is 2. The van der Waals surface area contributed by atoms with Gasteiger partial charge in [0.2, 0.25) is 0 Å². The molecule has 0 radical (unpaired) electrons. The lowest BCUT2D eigenvalue weighted by molar-refractivity contribution is 0.866. The minimum Gasteiger partial charge on any atom is -0.399 e. The fourth-order valence-corrected chi connectivity index (χ4v) is 1.62. The molecule has 88 valence electrons. The van der Waals surface area contributed by atoms with Crippen LogP contribution in [-0.2, 0) is 0 Å². The molecule has 0 saturated carbocycles. The number of anilines is 2. The number of benzene rings is 1. The van der Waals surface area contributed by atoms with Crippen LogP contribution >= 0.6 is 0 Å². The summed E-state index contributed by atoms with van der Waals surface area (Å²) in [5.74, 6) is 0.817. The van der Waals surface area contributed by atoms with Gasteiger partial charge >= 0.3 is 0 Å². The molecule has 0 aliphatic rings. The molecular weight excluding hydrogens is 212 g/mol. The number of hydrogen-bond donors (Lipinski definition) is 2. The van der Waals surface area contributed by atoms with Crippen LogP contribution in [0.2, 0.25) is 0 Å². The highest BCUT2D eigenvalue weighted by molar-refractivity contribution is 5.44. The van der Waals surface area contributed by atoms with Crippen LogP contribution in [0.5, 0.6) is 0 Å². The summed E-state index contributed by atoms with van der Waals surface area (Å²) >= 11 is 0. The summed E-state index contributed by atoms with van der Waals surface area (Å²) in [5.41, 5.74) is 8.50. The molecule has 1 atom stereocenters. The number of aryl methyl sites for hydroxylation is 1. The Bertz CT molecular complexity index is 493. The van der Waals surface area contributed by atoms with Crippen molar-refractivity contribution in [2.45, 2.75) is 19.9 Å². The molecular formula is C13H16N4. The highest BCUT2D eigenvalue weighted by Gasteiger charge is 2.07. The number of nitrogen functional groups attached to an aromatic ring is 1. The van der Waals surface area contributed by atoms with Gasteiger partial charge in [-0.25, -0.2) is 4.98 Å². The van der Waals surface area contributed by atoms with Crippen LogP contribution < -0.4 is 11.1 Å². The lowest BCUT2D eigenvalue weighted by Gasteiger charge is -2.16. The Morgan fingerprint density at radius 3 is 2.41 bits per heavy atom. The molecule has 4 heteroatoms. The predicted molar refractivity (Wildman–Crippen MR) is 69.7 cm³/mol. The Morgan fingerprint density at radius 2 is 1.76 bits per heavy atom. The minimum absolute atomic E-state index is 0.172. The van der Waals surface area contributed by atoms with Gasteiger partial charge in [-0.2, -0.15) is 0 Å². The van der Waals surface area contributed by atoms with E-state index < -0.39 is 0 Å². The van der Waals surface area contributed by atoms with Crippen molar-refractivity contribution in [3.8, 4) is 0 Å². The monoisotopic (exact) mass is 228 g/mol. The molecule has 0 bridgehead atoms.